The predicted molar refractivity (Wildman–Crippen MR) is 70.1 cm³/mol. The van der Waals surface area contributed by atoms with Gasteiger partial charge in [0.25, 0.3) is 0 Å². The van der Waals surface area contributed by atoms with E-state index in [4.69, 9.17) is 16.3 Å². The van der Waals surface area contributed by atoms with Gasteiger partial charge in [0.15, 0.2) is 5.15 Å². The van der Waals surface area contributed by atoms with Crippen LogP contribution in [-0.2, 0) is 0 Å². The fraction of sp³-hybridized carbons (Fsp3) is 0.0769. The van der Waals surface area contributed by atoms with Crippen LogP contribution in [0.4, 0.5) is 10.5 Å². The third-order valence-corrected chi connectivity index (χ3v) is 2.47. The van der Waals surface area contributed by atoms with Crippen molar-refractivity contribution in [3.05, 3.63) is 53.3 Å². The van der Waals surface area contributed by atoms with Gasteiger partial charge in [-0.2, -0.15) is 0 Å². The number of para-hydroxylation sites is 1. The first-order chi connectivity index (χ1) is 8.65. The van der Waals surface area contributed by atoms with E-state index >= 15 is 0 Å². The number of nitrogens with one attached hydrogen (secondary N) is 1. The summed E-state index contributed by atoms with van der Waals surface area (Å²) in [5.74, 6) is 0.465. The van der Waals surface area contributed by atoms with E-state index in [9.17, 15) is 4.79 Å². The number of hydrogen-bond donors (Lipinski definition) is 1. The Morgan fingerprint density at radius 3 is 2.78 bits per heavy atom. The summed E-state index contributed by atoms with van der Waals surface area (Å²) in [5.41, 5.74) is 1.33. The van der Waals surface area contributed by atoms with Crippen LogP contribution in [0.5, 0.6) is 5.75 Å². The molecule has 0 spiro atoms. The molecule has 92 valence electrons. The number of pyridine rings is 1. The lowest BCUT2D eigenvalue weighted by molar-refractivity contribution is 0.215. The van der Waals surface area contributed by atoms with Crippen LogP contribution in [0.2, 0.25) is 5.15 Å². The van der Waals surface area contributed by atoms with Crippen molar-refractivity contribution in [3.8, 4) is 5.75 Å². The summed E-state index contributed by atoms with van der Waals surface area (Å²) in [6.45, 7) is 1.86. The molecule has 1 amide bonds. The average molecular weight is 263 g/mol. The first-order valence-corrected chi connectivity index (χ1v) is 5.69. The third-order valence-electron chi connectivity index (χ3n) is 2.17. The molecule has 1 heterocycles. The minimum absolute atomic E-state index is 0.227. The van der Waals surface area contributed by atoms with Gasteiger partial charge in [-0.15, -0.1) is 0 Å². The van der Waals surface area contributed by atoms with E-state index in [1.54, 1.807) is 36.5 Å². The van der Waals surface area contributed by atoms with Crippen molar-refractivity contribution in [2.75, 3.05) is 5.32 Å². The van der Waals surface area contributed by atoms with Crippen LogP contribution in [-0.4, -0.2) is 11.1 Å². The molecule has 0 bridgehead atoms. The molecule has 0 fully saturated rings. The Kier molecular flexibility index (Phi) is 3.79. The van der Waals surface area contributed by atoms with Crippen LogP contribution in [0.3, 0.4) is 0 Å². The fourth-order valence-corrected chi connectivity index (χ4v) is 1.52. The van der Waals surface area contributed by atoms with Crippen LogP contribution in [0, 0.1) is 6.92 Å². The highest BCUT2D eigenvalue weighted by atomic mass is 35.5. The van der Waals surface area contributed by atoms with Gasteiger partial charge in [0.05, 0.1) is 5.69 Å². The van der Waals surface area contributed by atoms with Crippen molar-refractivity contribution in [1.29, 1.82) is 0 Å². The second kappa shape index (κ2) is 5.51. The van der Waals surface area contributed by atoms with Crippen LogP contribution in [0.1, 0.15) is 5.56 Å². The molecular weight excluding hydrogens is 252 g/mol. The third kappa shape index (κ3) is 3.21. The number of aryl methyl sites for hydroxylation is 1. The van der Waals surface area contributed by atoms with Crippen molar-refractivity contribution < 1.29 is 9.53 Å². The minimum atomic E-state index is -0.601. The first kappa shape index (κ1) is 12.4. The van der Waals surface area contributed by atoms with E-state index in [2.05, 4.69) is 10.3 Å². The van der Waals surface area contributed by atoms with Gasteiger partial charge in [-0.1, -0.05) is 29.8 Å². The number of hydrogen-bond acceptors (Lipinski definition) is 3. The maximum absolute atomic E-state index is 11.6. The molecule has 0 radical (unpaired) electrons. The van der Waals surface area contributed by atoms with E-state index in [1.807, 2.05) is 13.0 Å². The van der Waals surface area contributed by atoms with Gasteiger partial charge in [0, 0.05) is 6.20 Å². The second-order valence-corrected chi connectivity index (χ2v) is 4.04. The second-order valence-electron chi connectivity index (χ2n) is 3.68. The minimum Gasteiger partial charge on any atom is -0.410 e. The van der Waals surface area contributed by atoms with E-state index in [1.165, 1.54) is 0 Å². The number of amides is 1. The Balaban J connectivity index is 2.05. The van der Waals surface area contributed by atoms with Crippen LogP contribution in [0.25, 0.3) is 0 Å². The van der Waals surface area contributed by atoms with Gasteiger partial charge in [-0.3, -0.25) is 5.32 Å². The van der Waals surface area contributed by atoms with E-state index < -0.39 is 6.09 Å². The molecule has 2 aromatic rings. The molecule has 5 heteroatoms. The average Bonchev–Trinajstić information content (AvgIpc) is 2.35. The smallest absolute Gasteiger partial charge is 0.410 e. The van der Waals surface area contributed by atoms with Crippen molar-refractivity contribution in [1.82, 2.24) is 4.98 Å². The maximum Gasteiger partial charge on any atom is 0.417 e. The van der Waals surface area contributed by atoms with Crippen molar-refractivity contribution in [2.24, 2.45) is 0 Å². The summed E-state index contributed by atoms with van der Waals surface area (Å²) in [7, 11) is 0. The molecule has 18 heavy (non-hydrogen) atoms. The number of carbonyl (C=O) groups is 1. The van der Waals surface area contributed by atoms with Gasteiger partial charge in [0.2, 0.25) is 0 Å². The number of ether oxygens (including phenoxy) is 1. The zero-order valence-electron chi connectivity index (χ0n) is 9.68. The van der Waals surface area contributed by atoms with Gasteiger partial charge in [0.1, 0.15) is 5.75 Å². The number of nitrogens with zero attached hydrogens (tertiary/aromatic N) is 1. The molecule has 1 N–H and O–H groups in total. The summed E-state index contributed by atoms with van der Waals surface area (Å²) in [6, 6.07) is 10.5. The van der Waals surface area contributed by atoms with Crippen molar-refractivity contribution in [2.45, 2.75) is 6.92 Å². The molecular formula is C13H11ClN2O2. The van der Waals surface area contributed by atoms with Gasteiger partial charge >= 0.3 is 6.09 Å². The highest BCUT2D eigenvalue weighted by Gasteiger charge is 2.08. The maximum atomic E-state index is 11.6. The Bertz CT molecular complexity index is 558. The monoisotopic (exact) mass is 262 g/mol. The summed E-state index contributed by atoms with van der Waals surface area (Å²) in [5, 5.41) is 2.77. The summed E-state index contributed by atoms with van der Waals surface area (Å²) in [6.07, 6.45) is 1.02. The number of carbonyl (C=O) groups excluding carboxylic acids is 1. The van der Waals surface area contributed by atoms with Crippen LogP contribution >= 0.6 is 11.6 Å². The molecule has 0 aliphatic carbocycles. The summed E-state index contributed by atoms with van der Waals surface area (Å²) < 4.78 is 5.08. The van der Waals surface area contributed by atoms with E-state index in [0.29, 0.717) is 11.4 Å². The number of benzene rings is 1. The first-order valence-electron chi connectivity index (χ1n) is 5.31. The number of aromatic nitrogens is 1. The summed E-state index contributed by atoms with van der Waals surface area (Å²) >= 11 is 5.86. The van der Waals surface area contributed by atoms with Crippen molar-refractivity contribution >= 4 is 23.4 Å². The lowest BCUT2D eigenvalue weighted by atomic mass is 10.3. The lowest BCUT2D eigenvalue weighted by Gasteiger charge is -2.08. The molecule has 0 saturated carbocycles. The SMILES string of the molecule is Cc1cnc(Cl)c(NC(=O)Oc2ccccc2)c1. The molecule has 1 aromatic carbocycles. The molecule has 0 unspecified atom stereocenters. The van der Waals surface area contributed by atoms with Crippen molar-refractivity contribution in [3.63, 3.8) is 0 Å². The fourth-order valence-electron chi connectivity index (χ4n) is 1.37. The molecule has 0 aliphatic rings. The number of anilines is 1. The van der Waals surface area contributed by atoms with E-state index in [0.717, 1.165) is 5.56 Å². The number of halogens is 1. The molecule has 1 aromatic heterocycles. The Hall–Kier alpha value is -2.07. The Morgan fingerprint density at radius 2 is 2.06 bits per heavy atom. The quantitative estimate of drug-likeness (QED) is 0.841. The molecule has 0 aliphatic heterocycles. The van der Waals surface area contributed by atoms with Crippen LogP contribution < -0.4 is 10.1 Å². The highest BCUT2D eigenvalue weighted by Crippen LogP contribution is 2.20. The lowest BCUT2D eigenvalue weighted by Crippen LogP contribution is -2.17. The molecule has 0 atom stereocenters. The van der Waals surface area contributed by atoms with Gasteiger partial charge in [-0.05, 0) is 30.7 Å². The standard InChI is InChI=1S/C13H11ClN2O2/c1-9-7-11(12(14)15-8-9)16-13(17)18-10-5-3-2-4-6-10/h2-8H,1H3,(H,16,17). The Morgan fingerprint density at radius 1 is 1.33 bits per heavy atom. The topological polar surface area (TPSA) is 51.2 Å². The van der Waals surface area contributed by atoms with Gasteiger partial charge in [-0.25, -0.2) is 9.78 Å². The number of rotatable bonds is 2. The zero-order valence-corrected chi connectivity index (χ0v) is 10.4. The predicted octanol–water partition coefficient (Wildman–Crippen LogP) is 3.65. The highest BCUT2D eigenvalue weighted by molar-refractivity contribution is 6.32. The van der Waals surface area contributed by atoms with Gasteiger partial charge < -0.3 is 4.74 Å². The summed E-state index contributed by atoms with van der Waals surface area (Å²) in [4.78, 5) is 15.6. The molecule has 2 rings (SSSR count). The van der Waals surface area contributed by atoms with E-state index in [-0.39, 0.29) is 5.15 Å². The largest absolute Gasteiger partial charge is 0.417 e. The normalized spacial score (nSPS) is 9.89. The van der Waals surface area contributed by atoms with Crippen LogP contribution in [0.15, 0.2) is 42.6 Å². The molecule has 4 nitrogen and oxygen atoms in total. The molecule has 0 saturated heterocycles. The Labute approximate surface area is 110 Å². The zero-order chi connectivity index (χ0) is 13.0.